The van der Waals surface area contributed by atoms with Crippen LogP contribution in [0.4, 0.5) is 0 Å². The topological polar surface area (TPSA) is 119 Å². The number of ether oxygens (including phenoxy) is 3. The van der Waals surface area contributed by atoms with Crippen molar-refractivity contribution in [3.63, 3.8) is 0 Å². The first kappa shape index (κ1) is 27.1. The number of aliphatic hydroxyl groups is 2. The van der Waals surface area contributed by atoms with E-state index in [9.17, 15) is 24.6 Å². The van der Waals surface area contributed by atoms with Crippen LogP contribution in [0.2, 0.25) is 0 Å². The monoisotopic (exact) mass is 490 g/mol. The number of Topliss-reactive ketones (excluding diaryl/α,β-unsaturated/α-hetero) is 1. The summed E-state index contributed by atoms with van der Waals surface area (Å²) in [4.78, 5) is 37.8. The highest BCUT2D eigenvalue weighted by Crippen LogP contribution is 2.53. The quantitative estimate of drug-likeness (QED) is 0.350. The molecule has 0 amide bonds. The van der Waals surface area contributed by atoms with Gasteiger partial charge in [-0.2, -0.15) is 0 Å². The second kappa shape index (κ2) is 9.54. The van der Waals surface area contributed by atoms with Gasteiger partial charge in [-0.25, -0.2) is 0 Å². The van der Waals surface area contributed by atoms with E-state index in [0.29, 0.717) is 28.9 Å². The average Bonchev–Trinajstić information content (AvgIpc) is 2.70. The van der Waals surface area contributed by atoms with E-state index < -0.39 is 59.1 Å². The smallest absolute Gasteiger partial charge is 0.303 e. The number of esters is 2. The van der Waals surface area contributed by atoms with E-state index in [0.717, 1.165) is 0 Å². The van der Waals surface area contributed by atoms with Crippen LogP contribution < -0.4 is 0 Å². The molecule has 2 N–H and O–H groups in total. The molecule has 194 valence electrons. The number of rotatable bonds is 4. The van der Waals surface area contributed by atoms with Crippen molar-refractivity contribution in [2.75, 3.05) is 0 Å². The molecule has 1 saturated carbocycles. The Morgan fingerprint density at radius 2 is 1.63 bits per heavy atom. The van der Waals surface area contributed by atoms with Crippen molar-refractivity contribution >= 4 is 17.7 Å². The standard InChI is InChI=1S/C27H38O8/c1-13(2)33-21-9-17-12-27(8,22(11-19(17)30)35-16(5)29)25(32)24(31)23-14(3)20(34-15(4)28)10-18(21)26(23,6)7/h9,18-22,25,30,32H,1,10-12H2,2-8H3/b17-9+/t18-,19-,20-,21-,22-,25-,27-/m0/s1. The third-order valence-corrected chi connectivity index (χ3v) is 7.95. The molecule has 0 aliphatic heterocycles. The lowest BCUT2D eigenvalue weighted by Gasteiger charge is -2.51. The van der Waals surface area contributed by atoms with Gasteiger partial charge in [-0.05, 0) is 43.9 Å². The molecule has 0 heterocycles. The average molecular weight is 491 g/mol. The van der Waals surface area contributed by atoms with Crippen LogP contribution in [-0.2, 0) is 28.6 Å². The Morgan fingerprint density at radius 3 is 2.17 bits per heavy atom. The van der Waals surface area contributed by atoms with Crippen molar-refractivity contribution in [3.05, 3.63) is 35.1 Å². The predicted octanol–water partition coefficient (Wildman–Crippen LogP) is 3.16. The molecule has 0 aromatic carbocycles. The van der Waals surface area contributed by atoms with Gasteiger partial charge in [-0.15, -0.1) is 0 Å². The number of ketones is 1. The molecule has 0 spiro atoms. The molecule has 0 aromatic rings. The summed E-state index contributed by atoms with van der Waals surface area (Å²) >= 11 is 0. The lowest BCUT2D eigenvalue weighted by molar-refractivity contribution is -0.170. The molecule has 0 saturated heterocycles. The van der Waals surface area contributed by atoms with E-state index in [4.69, 9.17) is 14.2 Å². The Bertz CT molecular complexity index is 989. The summed E-state index contributed by atoms with van der Waals surface area (Å²) in [7, 11) is 0. The molecule has 8 heteroatoms. The number of carbonyl (C=O) groups excluding carboxylic acids is 3. The van der Waals surface area contributed by atoms with Gasteiger partial charge in [0.05, 0.1) is 11.9 Å². The van der Waals surface area contributed by atoms with Crippen LogP contribution >= 0.6 is 0 Å². The summed E-state index contributed by atoms with van der Waals surface area (Å²) < 4.78 is 17.3. The van der Waals surface area contributed by atoms with E-state index in [1.807, 2.05) is 19.9 Å². The molecule has 0 radical (unpaired) electrons. The number of allylic oxidation sites excluding steroid dienone is 1. The lowest BCUT2D eigenvalue weighted by Crippen LogP contribution is -2.56. The molecule has 4 bridgehead atoms. The Hall–Kier alpha value is -2.45. The van der Waals surface area contributed by atoms with Crippen LogP contribution in [0.3, 0.4) is 0 Å². The van der Waals surface area contributed by atoms with E-state index in [2.05, 4.69) is 6.58 Å². The zero-order valence-corrected chi connectivity index (χ0v) is 21.7. The summed E-state index contributed by atoms with van der Waals surface area (Å²) in [6, 6.07) is 0. The summed E-state index contributed by atoms with van der Waals surface area (Å²) in [5.74, 6) is -1.39. The first-order chi connectivity index (χ1) is 16.1. The maximum Gasteiger partial charge on any atom is 0.303 e. The van der Waals surface area contributed by atoms with Crippen molar-refractivity contribution in [3.8, 4) is 0 Å². The highest BCUT2D eigenvalue weighted by atomic mass is 16.5. The molecule has 8 nitrogen and oxygen atoms in total. The van der Waals surface area contributed by atoms with Crippen molar-refractivity contribution in [2.45, 2.75) is 98.2 Å². The molecule has 7 atom stereocenters. The highest BCUT2D eigenvalue weighted by Gasteiger charge is 2.56. The molecule has 3 aliphatic carbocycles. The van der Waals surface area contributed by atoms with Gasteiger partial charge in [0.2, 0.25) is 0 Å². The lowest BCUT2D eigenvalue weighted by atomic mass is 9.57. The van der Waals surface area contributed by atoms with Gasteiger partial charge in [0.25, 0.3) is 0 Å². The van der Waals surface area contributed by atoms with Crippen molar-refractivity contribution in [1.29, 1.82) is 0 Å². The molecule has 1 fully saturated rings. The zero-order valence-electron chi connectivity index (χ0n) is 21.7. The zero-order chi connectivity index (χ0) is 26.5. The fraction of sp³-hybridized carbons (Fsp3) is 0.667. The van der Waals surface area contributed by atoms with E-state index in [1.165, 1.54) is 13.8 Å². The highest BCUT2D eigenvalue weighted by molar-refractivity contribution is 6.01. The molecule has 0 unspecified atom stereocenters. The maximum absolute atomic E-state index is 14.0. The third kappa shape index (κ3) is 4.96. The van der Waals surface area contributed by atoms with E-state index in [-0.39, 0.29) is 18.8 Å². The number of fused-ring (bicyclic) bond motifs is 4. The molecular formula is C27H38O8. The Morgan fingerprint density at radius 1 is 1.03 bits per heavy atom. The largest absolute Gasteiger partial charge is 0.491 e. The third-order valence-electron chi connectivity index (χ3n) is 7.95. The molecule has 3 rings (SSSR count). The second-order valence-corrected chi connectivity index (χ2v) is 11.0. The second-order valence-electron chi connectivity index (χ2n) is 11.0. The molecule has 3 aliphatic rings. The summed E-state index contributed by atoms with van der Waals surface area (Å²) in [6.07, 6.45) is -2.15. The predicted molar refractivity (Wildman–Crippen MR) is 128 cm³/mol. The van der Waals surface area contributed by atoms with Gasteiger partial charge in [-0.1, -0.05) is 27.4 Å². The van der Waals surface area contributed by atoms with Crippen LogP contribution in [0.25, 0.3) is 0 Å². The minimum absolute atomic E-state index is 0.0498. The summed E-state index contributed by atoms with van der Waals surface area (Å²) in [6.45, 7) is 15.5. The van der Waals surface area contributed by atoms with Crippen molar-refractivity contribution in [2.24, 2.45) is 16.7 Å². The van der Waals surface area contributed by atoms with Gasteiger partial charge in [0.1, 0.15) is 24.4 Å². The molecule has 35 heavy (non-hydrogen) atoms. The fourth-order valence-electron chi connectivity index (χ4n) is 6.18. The minimum Gasteiger partial charge on any atom is -0.491 e. The van der Waals surface area contributed by atoms with Crippen LogP contribution in [-0.4, -0.2) is 58.5 Å². The molecular weight excluding hydrogens is 452 g/mol. The van der Waals surface area contributed by atoms with Gasteiger partial charge >= 0.3 is 11.9 Å². The molecule has 0 aromatic heterocycles. The van der Waals surface area contributed by atoms with Gasteiger partial charge in [-0.3, -0.25) is 14.4 Å². The number of hydrogen-bond donors (Lipinski definition) is 2. The SMILES string of the molecule is C=C(C)O[C@H]1/C=C2\C[C@@](C)([C@@H](OC(C)=O)C[C@@H]2O)[C@@H](O)C(=O)C2=C(C)[C@@H](OC(C)=O)C[C@@H]1C2(C)C. The fourth-order valence-corrected chi connectivity index (χ4v) is 6.18. The van der Waals surface area contributed by atoms with Crippen LogP contribution in [0.15, 0.2) is 35.1 Å². The van der Waals surface area contributed by atoms with Gasteiger partial charge < -0.3 is 24.4 Å². The van der Waals surface area contributed by atoms with Gasteiger partial charge in [0.15, 0.2) is 5.78 Å². The Kier molecular flexibility index (Phi) is 7.40. The first-order valence-corrected chi connectivity index (χ1v) is 12.1. The first-order valence-electron chi connectivity index (χ1n) is 12.1. The number of hydrogen-bond acceptors (Lipinski definition) is 8. The maximum atomic E-state index is 14.0. The van der Waals surface area contributed by atoms with Crippen molar-refractivity contribution < 1.29 is 38.8 Å². The van der Waals surface area contributed by atoms with Crippen molar-refractivity contribution in [1.82, 2.24) is 0 Å². The normalized spacial score (nSPS) is 38.1. The Labute approximate surface area is 207 Å². The minimum atomic E-state index is -1.51. The number of carbonyl (C=O) groups is 3. The summed E-state index contributed by atoms with van der Waals surface area (Å²) in [5, 5.41) is 22.5. The Balaban J connectivity index is 2.29. The van der Waals surface area contributed by atoms with Crippen LogP contribution in [0, 0.1) is 16.7 Å². The van der Waals surface area contributed by atoms with E-state index >= 15 is 0 Å². The van der Waals surface area contributed by atoms with Gasteiger partial charge in [0, 0.05) is 42.6 Å². The number of aliphatic hydroxyl groups excluding tert-OH is 2. The van der Waals surface area contributed by atoms with Crippen LogP contribution in [0.5, 0.6) is 0 Å². The van der Waals surface area contributed by atoms with E-state index in [1.54, 1.807) is 20.8 Å². The summed E-state index contributed by atoms with van der Waals surface area (Å²) in [5.41, 5.74) is -0.392. The van der Waals surface area contributed by atoms with Crippen LogP contribution in [0.1, 0.15) is 67.7 Å².